The number of hydrogen-bond donors (Lipinski definition) is 0. The Morgan fingerprint density at radius 3 is 2.53 bits per heavy atom. The van der Waals surface area contributed by atoms with E-state index in [0.717, 1.165) is 51.1 Å². The summed E-state index contributed by atoms with van der Waals surface area (Å²) in [5.74, 6) is 0.847. The molecule has 9 nitrogen and oxygen atoms in total. The lowest BCUT2D eigenvalue weighted by molar-refractivity contribution is -0.139. The topological polar surface area (TPSA) is 95.3 Å². The molecule has 32 heavy (non-hydrogen) atoms. The normalized spacial score (nSPS) is 25.5. The first-order valence-electron chi connectivity index (χ1n) is 11.3. The van der Waals surface area contributed by atoms with Crippen LogP contribution in [0.4, 0.5) is 0 Å². The van der Waals surface area contributed by atoms with Crippen molar-refractivity contribution in [2.75, 3.05) is 50.8 Å². The molecule has 2 aromatic rings. The van der Waals surface area contributed by atoms with Crippen molar-refractivity contribution < 1.29 is 13.2 Å². The van der Waals surface area contributed by atoms with E-state index < -0.39 is 9.84 Å². The molecule has 0 unspecified atom stereocenters. The highest BCUT2D eigenvalue weighted by Crippen LogP contribution is 2.26. The first-order valence-corrected chi connectivity index (χ1v) is 14.0. The average Bonchev–Trinajstić information content (AvgIpc) is 3.40. The number of hydrogen-bond acceptors (Lipinski definition) is 8. The van der Waals surface area contributed by atoms with Gasteiger partial charge in [-0.05, 0) is 32.4 Å². The zero-order valence-corrected chi connectivity index (χ0v) is 19.7. The SMILES string of the molecule is O=C(C1CCN([C@H]2CCS(=O)(=O)C2)CC1)N1CCN(Cc2cc(=O)n3ccsc3n2)CC1. The van der Waals surface area contributed by atoms with Crippen LogP contribution in [-0.4, -0.2) is 95.2 Å². The van der Waals surface area contributed by atoms with E-state index in [9.17, 15) is 18.0 Å². The van der Waals surface area contributed by atoms with E-state index in [-0.39, 0.29) is 29.2 Å². The molecule has 3 aliphatic rings. The van der Waals surface area contributed by atoms with Crippen LogP contribution < -0.4 is 5.56 Å². The van der Waals surface area contributed by atoms with Gasteiger partial charge in [0.05, 0.1) is 17.2 Å². The van der Waals surface area contributed by atoms with E-state index in [1.165, 1.54) is 11.3 Å². The predicted octanol–water partition coefficient (Wildman–Crippen LogP) is 0.299. The molecule has 0 N–H and O–H groups in total. The van der Waals surface area contributed by atoms with Crippen LogP contribution in [0.5, 0.6) is 0 Å². The largest absolute Gasteiger partial charge is 0.340 e. The smallest absolute Gasteiger partial charge is 0.258 e. The molecule has 1 atom stereocenters. The standard InChI is InChI=1S/C21H29N5O4S2/c27-19-13-17(22-21-26(19)10-11-31-21)14-23-6-8-25(9-7-23)20(28)16-1-4-24(5-2-16)18-3-12-32(29,30)15-18/h10-11,13,16,18H,1-9,12,14-15H2/t18-/m0/s1. The summed E-state index contributed by atoms with van der Waals surface area (Å²) in [6, 6.07) is 1.73. The van der Waals surface area contributed by atoms with Crippen LogP contribution in [0, 0.1) is 5.92 Å². The van der Waals surface area contributed by atoms with E-state index in [4.69, 9.17) is 0 Å². The molecule has 5 heterocycles. The summed E-state index contributed by atoms with van der Waals surface area (Å²) >= 11 is 1.45. The van der Waals surface area contributed by atoms with Gasteiger partial charge in [0.2, 0.25) is 5.91 Å². The van der Waals surface area contributed by atoms with E-state index in [1.54, 1.807) is 16.7 Å². The maximum Gasteiger partial charge on any atom is 0.258 e. The molecule has 3 aliphatic heterocycles. The van der Waals surface area contributed by atoms with Gasteiger partial charge in [0.1, 0.15) is 0 Å². The zero-order valence-electron chi connectivity index (χ0n) is 18.1. The molecule has 2 aromatic heterocycles. The van der Waals surface area contributed by atoms with Crippen LogP contribution in [0.1, 0.15) is 25.0 Å². The Hall–Kier alpha value is -1.82. The van der Waals surface area contributed by atoms with E-state index >= 15 is 0 Å². The summed E-state index contributed by atoms with van der Waals surface area (Å²) in [4.78, 5) is 37.0. The highest BCUT2D eigenvalue weighted by molar-refractivity contribution is 7.91. The number of rotatable bonds is 4. The highest BCUT2D eigenvalue weighted by Gasteiger charge is 2.36. The quantitative estimate of drug-likeness (QED) is 0.622. The number of piperazine rings is 1. The van der Waals surface area contributed by atoms with Crippen LogP contribution in [0.3, 0.4) is 0 Å². The molecule has 0 radical (unpaired) electrons. The third-order valence-electron chi connectivity index (χ3n) is 7.03. The van der Waals surface area contributed by atoms with Crippen molar-refractivity contribution in [2.45, 2.75) is 31.8 Å². The number of thiazole rings is 1. The minimum Gasteiger partial charge on any atom is -0.340 e. The number of carbonyl (C=O) groups excluding carboxylic acids is 1. The van der Waals surface area contributed by atoms with E-state index in [1.807, 2.05) is 10.3 Å². The lowest BCUT2D eigenvalue weighted by Gasteiger charge is -2.39. The second kappa shape index (κ2) is 8.85. The Labute approximate surface area is 191 Å². The van der Waals surface area contributed by atoms with Gasteiger partial charge in [0, 0.05) is 62.3 Å². The number of likely N-dealkylation sites (tertiary alicyclic amines) is 1. The zero-order chi connectivity index (χ0) is 22.3. The fourth-order valence-corrected chi connectivity index (χ4v) is 7.66. The number of sulfone groups is 1. The predicted molar refractivity (Wildman–Crippen MR) is 123 cm³/mol. The van der Waals surface area contributed by atoms with Gasteiger partial charge in [-0.2, -0.15) is 0 Å². The molecular weight excluding hydrogens is 450 g/mol. The van der Waals surface area contributed by atoms with Crippen molar-refractivity contribution in [3.05, 3.63) is 33.7 Å². The fourth-order valence-electron chi connectivity index (χ4n) is 5.16. The molecular formula is C21H29N5O4S2. The number of carbonyl (C=O) groups is 1. The summed E-state index contributed by atoms with van der Waals surface area (Å²) in [5, 5.41) is 1.86. The average molecular weight is 480 g/mol. The Kier molecular flexibility index (Phi) is 6.08. The van der Waals surface area contributed by atoms with Crippen LogP contribution in [-0.2, 0) is 21.2 Å². The van der Waals surface area contributed by atoms with Crippen LogP contribution in [0.25, 0.3) is 4.96 Å². The second-order valence-corrected chi connectivity index (χ2v) is 12.2. The van der Waals surface area contributed by atoms with Gasteiger partial charge < -0.3 is 4.90 Å². The minimum atomic E-state index is -2.87. The number of amides is 1. The van der Waals surface area contributed by atoms with Crippen LogP contribution in [0.15, 0.2) is 22.4 Å². The molecule has 11 heteroatoms. The van der Waals surface area contributed by atoms with Gasteiger partial charge in [-0.3, -0.25) is 23.8 Å². The maximum absolute atomic E-state index is 13.0. The van der Waals surface area contributed by atoms with Crippen molar-refractivity contribution in [1.29, 1.82) is 0 Å². The maximum atomic E-state index is 13.0. The third-order valence-corrected chi connectivity index (χ3v) is 9.54. The summed E-state index contributed by atoms with van der Waals surface area (Å²) < 4.78 is 25.1. The molecule has 3 fully saturated rings. The van der Waals surface area contributed by atoms with Gasteiger partial charge in [0.25, 0.3) is 5.56 Å². The van der Waals surface area contributed by atoms with Crippen molar-refractivity contribution >= 4 is 32.0 Å². The lowest BCUT2D eigenvalue weighted by Crippen LogP contribution is -2.52. The highest BCUT2D eigenvalue weighted by atomic mass is 32.2. The van der Waals surface area contributed by atoms with Gasteiger partial charge in [-0.1, -0.05) is 0 Å². The van der Waals surface area contributed by atoms with Gasteiger partial charge in [-0.25, -0.2) is 13.4 Å². The first kappa shape index (κ1) is 22.0. The molecule has 3 saturated heterocycles. The molecule has 0 aliphatic carbocycles. The second-order valence-electron chi connectivity index (χ2n) is 9.11. The number of fused-ring (bicyclic) bond motifs is 1. The van der Waals surface area contributed by atoms with Crippen LogP contribution in [0.2, 0.25) is 0 Å². The van der Waals surface area contributed by atoms with Crippen molar-refractivity contribution in [2.24, 2.45) is 5.92 Å². The summed E-state index contributed by atoms with van der Waals surface area (Å²) in [6.07, 6.45) is 4.09. The molecule has 0 bridgehead atoms. The van der Waals surface area contributed by atoms with E-state index in [0.29, 0.717) is 30.3 Å². The van der Waals surface area contributed by atoms with E-state index in [2.05, 4.69) is 14.8 Å². The van der Waals surface area contributed by atoms with Gasteiger partial charge in [-0.15, -0.1) is 11.3 Å². The molecule has 5 rings (SSSR count). The molecule has 0 aromatic carbocycles. The lowest BCUT2D eigenvalue weighted by atomic mass is 9.94. The summed E-state index contributed by atoms with van der Waals surface area (Å²) in [6.45, 7) is 5.17. The Balaban J connectivity index is 1.10. The van der Waals surface area contributed by atoms with Crippen molar-refractivity contribution in [1.82, 2.24) is 24.1 Å². The van der Waals surface area contributed by atoms with Crippen LogP contribution >= 0.6 is 11.3 Å². The Morgan fingerprint density at radius 2 is 1.84 bits per heavy atom. The molecule has 0 spiro atoms. The Morgan fingerprint density at radius 1 is 1.09 bits per heavy atom. The summed E-state index contributed by atoms with van der Waals surface area (Å²) in [5.41, 5.74) is 0.722. The number of aromatic nitrogens is 2. The monoisotopic (exact) mass is 479 g/mol. The first-order chi connectivity index (χ1) is 15.4. The molecule has 174 valence electrons. The molecule has 1 amide bonds. The number of piperidine rings is 1. The Bertz CT molecular complexity index is 1140. The van der Waals surface area contributed by atoms with Crippen molar-refractivity contribution in [3.8, 4) is 0 Å². The molecule has 0 saturated carbocycles. The summed E-state index contributed by atoms with van der Waals surface area (Å²) in [7, 11) is -2.87. The van der Waals surface area contributed by atoms with Crippen molar-refractivity contribution in [3.63, 3.8) is 0 Å². The minimum absolute atomic E-state index is 0.0405. The third kappa shape index (κ3) is 4.61. The fraction of sp³-hybridized carbons (Fsp3) is 0.667. The van der Waals surface area contributed by atoms with Gasteiger partial charge in [0.15, 0.2) is 14.8 Å². The number of nitrogens with zero attached hydrogens (tertiary/aromatic N) is 5. The van der Waals surface area contributed by atoms with Gasteiger partial charge >= 0.3 is 0 Å².